The Hall–Kier alpha value is -1.83. The van der Waals surface area contributed by atoms with Crippen LogP contribution in [-0.2, 0) is 0 Å². The molecule has 1 aromatic heterocycles. The average Bonchev–Trinajstić information content (AvgIpc) is 2.39. The van der Waals surface area contributed by atoms with Gasteiger partial charge < -0.3 is 4.74 Å². The summed E-state index contributed by atoms with van der Waals surface area (Å²) in [6.45, 7) is 4.39. The van der Waals surface area contributed by atoms with Gasteiger partial charge in [0.25, 0.3) is 0 Å². The summed E-state index contributed by atoms with van der Waals surface area (Å²) < 4.78 is 5.34. The van der Waals surface area contributed by atoms with E-state index >= 15 is 0 Å². The molecule has 1 aromatic carbocycles. The summed E-state index contributed by atoms with van der Waals surface area (Å²) in [6.07, 6.45) is 3.58. The first-order chi connectivity index (χ1) is 8.22. The van der Waals surface area contributed by atoms with E-state index in [0.717, 1.165) is 16.9 Å². The van der Waals surface area contributed by atoms with Crippen LogP contribution in [0.25, 0.3) is 11.1 Å². The van der Waals surface area contributed by atoms with Crippen molar-refractivity contribution in [2.75, 3.05) is 7.11 Å². The maximum atomic E-state index is 5.34. The molecule has 0 atom stereocenters. The minimum Gasteiger partial charge on any atom is -0.496 e. The lowest BCUT2D eigenvalue weighted by molar-refractivity contribution is 0.416. The van der Waals surface area contributed by atoms with Crippen LogP contribution in [0, 0.1) is 0 Å². The number of hydrogen-bond acceptors (Lipinski definition) is 2. The van der Waals surface area contributed by atoms with Crippen LogP contribution >= 0.6 is 0 Å². The van der Waals surface area contributed by atoms with Crippen molar-refractivity contribution in [3.63, 3.8) is 0 Å². The third-order valence-corrected chi connectivity index (χ3v) is 2.89. The van der Waals surface area contributed by atoms with Gasteiger partial charge in [0.2, 0.25) is 0 Å². The van der Waals surface area contributed by atoms with Crippen LogP contribution in [0.1, 0.15) is 25.3 Å². The standard InChI is InChI=1S/C15H17NO/c1-11(2)12-4-6-13(7-5-12)14-10-16-9-8-15(14)17-3/h4-11H,1-3H3. The van der Waals surface area contributed by atoms with E-state index in [1.54, 1.807) is 13.3 Å². The molecule has 0 aliphatic carbocycles. The number of nitrogens with zero attached hydrogens (tertiary/aromatic N) is 1. The van der Waals surface area contributed by atoms with Crippen molar-refractivity contribution in [3.05, 3.63) is 48.3 Å². The Morgan fingerprint density at radius 3 is 2.35 bits per heavy atom. The van der Waals surface area contributed by atoms with E-state index in [4.69, 9.17) is 4.74 Å². The second-order valence-electron chi connectivity index (χ2n) is 4.35. The fraction of sp³-hybridized carbons (Fsp3) is 0.267. The molecule has 2 aromatic rings. The maximum absolute atomic E-state index is 5.34. The van der Waals surface area contributed by atoms with Crippen LogP contribution in [0.5, 0.6) is 5.75 Å². The van der Waals surface area contributed by atoms with Gasteiger partial charge in [-0.2, -0.15) is 0 Å². The first kappa shape index (κ1) is 11.6. The quantitative estimate of drug-likeness (QED) is 0.793. The van der Waals surface area contributed by atoms with Crippen LogP contribution < -0.4 is 4.74 Å². The number of pyridine rings is 1. The number of methoxy groups -OCH3 is 1. The molecule has 0 radical (unpaired) electrons. The molecule has 0 amide bonds. The van der Waals surface area contributed by atoms with Gasteiger partial charge in [-0.25, -0.2) is 0 Å². The summed E-state index contributed by atoms with van der Waals surface area (Å²) in [5.41, 5.74) is 3.52. The topological polar surface area (TPSA) is 22.1 Å². The van der Waals surface area contributed by atoms with Crippen molar-refractivity contribution < 1.29 is 4.74 Å². The molecular formula is C15H17NO. The zero-order valence-electron chi connectivity index (χ0n) is 10.5. The van der Waals surface area contributed by atoms with Crippen molar-refractivity contribution in [3.8, 4) is 16.9 Å². The lowest BCUT2D eigenvalue weighted by atomic mass is 9.99. The maximum Gasteiger partial charge on any atom is 0.129 e. The molecule has 2 heteroatoms. The molecule has 0 spiro atoms. The van der Waals surface area contributed by atoms with Crippen molar-refractivity contribution in [1.82, 2.24) is 4.98 Å². The van der Waals surface area contributed by atoms with Gasteiger partial charge in [-0.3, -0.25) is 4.98 Å². The van der Waals surface area contributed by atoms with Gasteiger partial charge in [-0.1, -0.05) is 38.1 Å². The molecular weight excluding hydrogens is 210 g/mol. The largest absolute Gasteiger partial charge is 0.496 e. The molecule has 88 valence electrons. The van der Waals surface area contributed by atoms with Crippen molar-refractivity contribution >= 4 is 0 Å². The van der Waals surface area contributed by atoms with Crippen LogP contribution in [0.4, 0.5) is 0 Å². The zero-order valence-corrected chi connectivity index (χ0v) is 10.5. The Kier molecular flexibility index (Phi) is 3.43. The predicted octanol–water partition coefficient (Wildman–Crippen LogP) is 3.88. The molecule has 2 nitrogen and oxygen atoms in total. The second kappa shape index (κ2) is 5.00. The number of ether oxygens (including phenoxy) is 1. The van der Waals surface area contributed by atoms with Gasteiger partial charge in [-0.05, 0) is 23.1 Å². The van der Waals surface area contributed by atoms with E-state index < -0.39 is 0 Å². The Balaban J connectivity index is 2.40. The molecule has 0 saturated heterocycles. The van der Waals surface area contributed by atoms with Gasteiger partial charge in [0.1, 0.15) is 5.75 Å². The Morgan fingerprint density at radius 2 is 1.76 bits per heavy atom. The third-order valence-electron chi connectivity index (χ3n) is 2.89. The summed E-state index contributed by atoms with van der Waals surface area (Å²) in [7, 11) is 1.68. The molecule has 1 heterocycles. The summed E-state index contributed by atoms with van der Waals surface area (Å²) in [5, 5.41) is 0. The molecule has 0 unspecified atom stereocenters. The SMILES string of the molecule is COc1ccncc1-c1ccc(C(C)C)cc1. The highest BCUT2D eigenvalue weighted by Crippen LogP contribution is 2.29. The van der Waals surface area contributed by atoms with Gasteiger partial charge in [0, 0.05) is 18.0 Å². The van der Waals surface area contributed by atoms with E-state index in [1.807, 2.05) is 12.3 Å². The van der Waals surface area contributed by atoms with Gasteiger partial charge >= 0.3 is 0 Å². The monoisotopic (exact) mass is 227 g/mol. The zero-order chi connectivity index (χ0) is 12.3. The highest BCUT2D eigenvalue weighted by molar-refractivity contribution is 5.69. The van der Waals surface area contributed by atoms with Crippen LogP contribution in [0.15, 0.2) is 42.7 Å². The van der Waals surface area contributed by atoms with E-state index in [0.29, 0.717) is 5.92 Å². The fourth-order valence-corrected chi connectivity index (χ4v) is 1.82. The van der Waals surface area contributed by atoms with Crippen LogP contribution in [0.2, 0.25) is 0 Å². The summed E-state index contributed by atoms with van der Waals surface area (Å²) >= 11 is 0. The lowest BCUT2D eigenvalue weighted by Crippen LogP contribution is -1.90. The number of rotatable bonds is 3. The Morgan fingerprint density at radius 1 is 1.06 bits per heavy atom. The number of hydrogen-bond donors (Lipinski definition) is 0. The Labute approximate surface area is 102 Å². The Bertz CT molecular complexity index is 489. The van der Waals surface area contributed by atoms with Gasteiger partial charge in [0.05, 0.1) is 7.11 Å². The average molecular weight is 227 g/mol. The van der Waals surface area contributed by atoms with E-state index in [9.17, 15) is 0 Å². The van der Waals surface area contributed by atoms with E-state index in [-0.39, 0.29) is 0 Å². The lowest BCUT2D eigenvalue weighted by Gasteiger charge is -2.09. The van der Waals surface area contributed by atoms with Crippen molar-refractivity contribution in [2.45, 2.75) is 19.8 Å². The van der Waals surface area contributed by atoms with Crippen LogP contribution in [0.3, 0.4) is 0 Å². The number of benzene rings is 1. The summed E-state index contributed by atoms with van der Waals surface area (Å²) in [6, 6.07) is 10.4. The first-order valence-corrected chi connectivity index (χ1v) is 5.80. The first-order valence-electron chi connectivity index (χ1n) is 5.80. The minimum atomic E-state index is 0.555. The normalized spacial score (nSPS) is 10.6. The van der Waals surface area contributed by atoms with E-state index in [2.05, 4.69) is 43.1 Å². The number of aromatic nitrogens is 1. The third kappa shape index (κ3) is 2.47. The van der Waals surface area contributed by atoms with Crippen molar-refractivity contribution in [1.29, 1.82) is 0 Å². The fourth-order valence-electron chi connectivity index (χ4n) is 1.82. The molecule has 0 bridgehead atoms. The molecule has 17 heavy (non-hydrogen) atoms. The smallest absolute Gasteiger partial charge is 0.129 e. The molecule has 0 fully saturated rings. The molecule has 0 saturated carbocycles. The molecule has 0 N–H and O–H groups in total. The minimum absolute atomic E-state index is 0.555. The second-order valence-corrected chi connectivity index (χ2v) is 4.35. The molecule has 2 rings (SSSR count). The highest BCUT2D eigenvalue weighted by Gasteiger charge is 2.06. The summed E-state index contributed by atoms with van der Waals surface area (Å²) in [4.78, 5) is 4.15. The molecule has 0 aliphatic heterocycles. The van der Waals surface area contributed by atoms with Crippen molar-refractivity contribution in [2.24, 2.45) is 0 Å². The van der Waals surface area contributed by atoms with Gasteiger partial charge in [0.15, 0.2) is 0 Å². The predicted molar refractivity (Wildman–Crippen MR) is 70.3 cm³/mol. The van der Waals surface area contributed by atoms with Gasteiger partial charge in [-0.15, -0.1) is 0 Å². The highest BCUT2D eigenvalue weighted by atomic mass is 16.5. The summed E-state index contributed by atoms with van der Waals surface area (Å²) in [5.74, 6) is 1.41. The molecule has 0 aliphatic rings. The van der Waals surface area contributed by atoms with E-state index in [1.165, 1.54) is 5.56 Å². The van der Waals surface area contributed by atoms with Crippen LogP contribution in [-0.4, -0.2) is 12.1 Å².